The zero-order valence-corrected chi connectivity index (χ0v) is 11.4. The van der Waals surface area contributed by atoms with Crippen LogP contribution in [-0.2, 0) is 14.3 Å². The molecule has 0 aromatic heterocycles. The van der Waals surface area contributed by atoms with Crippen molar-refractivity contribution in [3.05, 3.63) is 0 Å². The Morgan fingerprint density at radius 2 is 1.82 bits per heavy atom. The molecule has 5 nitrogen and oxygen atoms in total. The molecule has 17 heavy (non-hydrogen) atoms. The fourth-order valence-electron chi connectivity index (χ4n) is 1.26. The molecule has 0 radical (unpaired) electrons. The average molecular weight is 244 g/mol. The molecule has 1 amide bonds. The largest absolute Gasteiger partial charge is 0.467 e. The van der Waals surface area contributed by atoms with Crippen LogP contribution in [0.2, 0.25) is 0 Å². The smallest absolute Gasteiger partial charge is 0.328 e. The number of esters is 1. The molecule has 0 rings (SSSR count). The Kier molecular flexibility index (Phi) is 7.54. The van der Waals surface area contributed by atoms with E-state index in [4.69, 9.17) is 0 Å². The van der Waals surface area contributed by atoms with Crippen LogP contribution in [0.25, 0.3) is 0 Å². The maximum Gasteiger partial charge on any atom is 0.328 e. The number of nitrogens with one attached hydrogen (secondary N) is 2. The Morgan fingerprint density at radius 3 is 2.24 bits per heavy atom. The number of carbonyl (C=O) groups excluding carboxylic acids is 2. The molecule has 2 atom stereocenters. The molecule has 100 valence electrons. The van der Waals surface area contributed by atoms with E-state index in [1.807, 2.05) is 27.7 Å². The van der Waals surface area contributed by atoms with Gasteiger partial charge in [0.05, 0.1) is 13.7 Å². The predicted octanol–water partition coefficient (Wildman–Crippen LogP) is 0.688. The van der Waals surface area contributed by atoms with Crippen LogP contribution in [0.4, 0.5) is 0 Å². The Labute approximate surface area is 103 Å². The molecule has 5 heteroatoms. The van der Waals surface area contributed by atoms with Gasteiger partial charge in [0.1, 0.15) is 6.04 Å². The predicted molar refractivity (Wildman–Crippen MR) is 66.5 cm³/mol. The summed E-state index contributed by atoms with van der Waals surface area (Å²) < 4.78 is 4.65. The number of amides is 1. The van der Waals surface area contributed by atoms with E-state index >= 15 is 0 Å². The van der Waals surface area contributed by atoms with Crippen LogP contribution in [0, 0.1) is 5.92 Å². The van der Waals surface area contributed by atoms with Crippen LogP contribution in [0.5, 0.6) is 0 Å². The molecular weight excluding hydrogens is 220 g/mol. The molecule has 0 aliphatic carbocycles. The summed E-state index contributed by atoms with van der Waals surface area (Å²) in [6, 6.07) is -0.289. The zero-order chi connectivity index (χ0) is 13.4. The van der Waals surface area contributed by atoms with Gasteiger partial charge in [-0.05, 0) is 19.3 Å². The topological polar surface area (TPSA) is 67.4 Å². The van der Waals surface area contributed by atoms with E-state index in [0.717, 1.165) is 6.42 Å². The number of carbonyl (C=O) groups is 2. The molecule has 0 saturated heterocycles. The zero-order valence-electron chi connectivity index (χ0n) is 11.4. The molecule has 2 N–H and O–H groups in total. The second-order valence-electron chi connectivity index (χ2n) is 4.50. The minimum absolute atomic E-state index is 0.00926. The number of hydrogen-bond donors (Lipinski definition) is 2. The summed E-state index contributed by atoms with van der Waals surface area (Å²) in [5, 5.41) is 5.74. The monoisotopic (exact) mass is 244 g/mol. The normalized spacial score (nSPS) is 14.2. The van der Waals surface area contributed by atoms with Crippen molar-refractivity contribution < 1.29 is 14.3 Å². The second kappa shape index (κ2) is 8.06. The van der Waals surface area contributed by atoms with Gasteiger partial charge in [0, 0.05) is 6.04 Å². The van der Waals surface area contributed by atoms with Crippen molar-refractivity contribution in [3.63, 3.8) is 0 Å². The van der Waals surface area contributed by atoms with Crippen LogP contribution in [-0.4, -0.2) is 37.6 Å². The molecule has 0 fully saturated rings. The van der Waals surface area contributed by atoms with Gasteiger partial charge in [-0.3, -0.25) is 4.79 Å². The lowest BCUT2D eigenvalue weighted by atomic mass is 10.0. The van der Waals surface area contributed by atoms with Crippen molar-refractivity contribution in [1.82, 2.24) is 10.6 Å². The Morgan fingerprint density at radius 1 is 1.24 bits per heavy atom. The molecule has 0 spiro atoms. The lowest BCUT2D eigenvalue weighted by molar-refractivity contribution is -0.146. The van der Waals surface area contributed by atoms with Gasteiger partial charge in [0.15, 0.2) is 0 Å². The van der Waals surface area contributed by atoms with Gasteiger partial charge < -0.3 is 15.4 Å². The van der Waals surface area contributed by atoms with Crippen molar-refractivity contribution in [1.29, 1.82) is 0 Å². The van der Waals surface area contributed by atoms with Crippen LogP contribution in [0.15, 0.2) is 0 Å². The van der Waals surface area contributed by atoms with E-state index in [0.29, 0.717) is 0 Å². The minimum atomic E-state index is -0.578. The van der Waals surface area contributed by atoms with E-state index in [1.165, 1.54) is 7.11 Å². The highest BCUT2D eigenvalue weighted by molar-refractivity contribution is 5.85. The summed E-state index contributed by atoms with van der Waals surface area (Å²) in [4.78, 5) is 23.0. The molecular formula is C12H24N2O3. The van der Waals surface area contributed by atoms with Crippen molar-refractivity contribution >= 4 is 11.9 Å². The van der Waals surface area contributed by atoms with Crippen molar-refractivity contribution in [2.45, 2.75) is 46.2 Å². The van der Waals surface area contributed by atoms with Gasteiger partial charge in [-0.15, -0.1) is 0 Å². The van der Waals surface area contributed by atoms with Crippen LogP contribution >= 0.6 is 0 Å². The van der Waals surface area contributed by atoms with Crippen LogP contribution in [0.1, 0.15) is 34.1 Å². The van der Waals surface area contributed by atoms with E-state index in [1.54, 1.807) is 0 Å². The van der Waals surface area contributed by atoms with Gasteiger partial charge >= 0.3 is 5.97 Å². The van der Waals surface area contributed by atoms with Crippen LogP contribution in [0.3, 0.4) is 0 Å². The lowest BCUT2D eigenvalue weighted by Crippen LogP contribution is -2.48. The summed E-state index contributed by atoms with van der Waals surface area (Å²) in [6.45, 7) is 8.00. The molecule has 0 saturated carbocycles. The van der Waals surface area contributed by atoms with E-state index in [9.17, 15) is 9.59 Å². The van der Waals surface area contributed by atoms with Crippen molar-refractivity contribution in [3.8, 4) is 0 Å². The minimum Gasteiger partial charge on any atom is -0.467 e. The molecule has 0 aromatic carbocycles. The molecule has 2 unspecified atom stereocenters. The summed E-state index contributed by atoms with van der Waals surface area (Å²) in [7, 11) is 1.32. The number of rotatable bonds is 7. The lowest BCUT2D eigenvalue weighted by Gasteiger charge is -2.20. The fraction of sp³-hybridized carbons (Fsp3) is 0.833. The van der Waals surface area contributed by atoms with E-state index in [-0.39, 0.29) is 24.4 Å². The maximum atomic E-state index is 11.6. The third-order valence-corrected chi connectivity index (χ3v) is 2.66. The first-order valence-electron chi connectivity index (χ1n) is 6.02. The van der Waals surface area contributed by atoms with Crippen molar-refractivity contribution in [2.75, 3.05) is 13.7 Å². The van der Waals surface area contributed by atoms with Crippen LogP contribution < -0.4 is 10.6 Å². The first-order valence-corrected chi connectivity index (χ1v) is 6.02. The highest BCUT2D eigenvalue weighted by Gasteiger charge is 2.24. The van der Waals surface area contributed by atoms with Gasteiger partial charge in [-0.2, -0.15) is 0 Å². The SMILES string of the molecule is CCC(C)NCC(=O)NC(C(=O)OC)C(C)C. The second-order valence-corrected chi connectivity index (χ2v) is 4.50. The van der Waals surface area contributed by atoms with E-state index in [2.05, 4.69) is 15.4 Å². The first-order chi connectivity index (χ1) is 7.92. The fourth-order valence-corrected chi connectivity index (χ4v) is 1.26. The first kappa shape index (κ1) is 15.9. The molecule has 0 aliphatic rings. The van der Waals surface area contributed by atoms with E-state index < -0.39 is 12.0 Å². The Bertz CT molecular complexity index is 254. The highest BCUT2D eigenvalue weighted by atomic mass is 16.5. The van der Waals surface area contributed by atoms with Gasteiger partial charge in [0.25, 0.3) is 0 Å². The molecule has 0 bridgehead atoms. The Balaban J connectivity index is 4.18. The third kappa shape index (κ3) is 6.26. The third-order valence-electron chi connectivity index (χ3n) is 2.66. The summed E-state index contributed by atoms with van der Waals surface area (Å²) in [5.41, 5.74) is 0. The molecule has 0 aromatic rings. The molecule has 0 heterocycles. The summed E-state index contributed by atoms with van der Waals surface area (Å²) in [6.07, 6.45) is 0.956. The average Bonchev–Trinajstić information content (AvgIpc) is 2.31. The quantitative estimate of drug-likeness (QED) is 0.647. The summed E-state index contributed by atoms with van der Waals surface area (Å²) in [5.74, 6) is -0.582. The van der Waals surface area contributed by atoms with Gasteiger partial charge in [-0.1, -0.05) is 20.8 Å². The number of methoxy groups -OCH3 is 1. The van der Waals surface area contributed by atoms with Gasteiger partial charge in [-0.25, -0.2) is 4.79 Å². The molecule has 0 aliphatic heterocycles. The maximum absolute atomic E-state index is 11.6. The standard InChI is InChI=1S/C12H24N2O3/c1-6-9(4)13-7-10(15)14-11(8(2)3)12(16)17-5/h8-9,11,13H,6-7H2,1-5H3,(H,14,15). The summed E-state index contributed by atoms with van der Waals surface area (Å²) >= 11 is 0. The number of hydrogen-bond acceptors (Lipinski definition) is 4. The Hall–Kier alpha value is -1.10. The van der Waals surface area contributed by atoms with Gasteiger partial charge in [0.2, 0.25) is 5.91 Å². The highest BCUT2D eigenvalue weighted by Crippen LogP contribution is 2.03. The number of ether oxygens (including phenoxy) is 1. The van der Waals surface area contributed by atoms with Crippen molar-refractivity contribution in [2.24, 2.45) is 5.92 Å².